The second-order valence-corrected chi connectivity index (χ2v) is 8.90. The van der Waals surface area contributed by atoms with Crippen molar-refractivity contribution >= 4 is 33.4 Å². The number of nitrogens with one attached hydrogen (secondary N) is 2. The zero-order valence-corrected chi connectivity index (χ0v) is 20.9. The van der Waals surface area contributed by atoms with E-state index in [1.165, 1.54) is 0 Å². The maximum Gasteiger partial charge on any atom is 0.262 e. The van der Waals surface area contributed by atoms with E-state index >= 15 is 0 Å². The lowest BCUT2D eigenvalue weighted by Gasteiger charge is -2.17. The van der Waals surface area contributed by atoms with E-state index in [1.54, 1.807) is 0 Å². The van der Waals surface area contributed by atoms with Crippen molar-refractivity contribution in [2.24, 2.45) is 0 Å². The van der Waals surface area contributed by atoms with Crippen LogP contribution in [0.1, 0.15) is 37.3 Å². The van der Waals surface area contributed by atoms with Crippen molar-refractivity contribution < 1.29 is 19.1 Å². The largest absolute Gasteiger partial charge is 0.490 e. The fraction of sp³-hybridized carbons (Fsp3) is 0.440. The number of hydrogen-bond acceptors (Lipinski definition) is 5. The van der Waals surface area contributed by atoms with E-state index in [4.69, 9.17) is 9.47 Å². The van der Waals surface area contributed by atoms with Crippen molar-refractivity contribution in [1.29, 1.82) is 0 Å². The van der Waals surface area contributed by atoms with Crippen LogP contribution in [0.25, 0.3) is 0 Å². The molecule has 1 fully saturated rings. The first-order chi connectivity index (χ1) is 16.0. The number of aryl methyl sites for hydroxylation is 1. The minimum atomic E-state index is -0.236. The van der Waals surface area contributed by atoms with Crippen molar-refractivity contribution in [2.75, 3.05) is 38.2 Å². The smallest absolute Gasteiger partial charge is 0.262 e. The highest BCUT2D eigenvalue weighted by molar-refractivity contribution is 9.10. The summed E-state index contributed by atoms with van der Waals surface area (Å²) in [6, 6.07) is 11.4. The summed E-state index contributed by atoms with van der Waals surface area (Å²) < 4.78 is 12.4. The zero-order chi connectivity index (χ0) is 23.6. The normalized spacial score (nSPS) is 13.3. The predicted octanol–water partition coefficient (Wildman–Crippen LogP) is 4.28. The Morgan fingerprint density at radius 2 is 1.91 bits per heavy atom. The number of nitrogens with zero attached hydrogens (tertiary/aromatic N) is 1. The van der Waals surface area contributed by atoms with Gasteiger partial charge < -0.3 is 25.0 Å². The molecule has 3 rings (SSSR count). The lowest BCUT2D eigenvalue weighted by atomic mass is 10.2. The third-order valence-electron chi connectivity index (χ3n) is 5.38. The van der Waals surface area contributed by atoms with Gasteiger partial charge in [0.1, 0.15) is 0 Å². The predicted molar refractivity (Wildman–Crippen MR) is 133 cm³/mol. The third kappa shape index (κ3) is 7.75. The van der Waals surface area contributed by atoms with Crippen LogP contribution in [0.3, 0.4) is 0 Å². The highest BCUT2D eigenvalue weighted by atomic mass is 79.9. The summed E-state index contributed by atoms with van der Waals surface area (Å²) in [6.07, 6.45) is 2.57. The molecule has 1 aliphatic heterocycles. The molecule has 2 aromatic carbocycles. The summed E-state index contributed by atoms with van der Waals surface area (Å²) in [4.78, 5) is 25.9. The number of ether oxygens (including phenoxy) is 2. The van der Waals surface area contributed by atoms with Gasteiger partial charge in [0, 0.05) is 36.2 Å². The summed E-state index contributed by atoms with van der Waals surface area (Å²) >= 11 is 3.60. The first-order valence-corrected chi connectivity index (χ1v) is 12.2. The molecule has 0 saturated carbocycles. The second kappa shape index (κ2) is 12.6. The van der Waals surface area contributed by atoms with Gasteiger partial charge in [-0.2, -0.15) is 0 Å². The highest BCUT2D eigenvalue weighted by Crippen LogP contribution is 2.34. The molecule has 33 heavy (non-hydrogen) atoms. The molecular formula is C25H32BrN3O4. The van der Waals surface area contributed by atoms with Crippen molar-refractivity contribution in [2.45, 2.75) is 39.7 Å². The summed E-state index contributed by atoms with van der Waals surface area (Å²) in [6.45, 7) is 7.43. The Labute approximate surface area is 204 Å². The molecule has 7 nitrogen and oxygen atoms in total. The van der Waals surface area contributed by atoms with E-state index in [1.807, 2.05) is 55.1 Å². The maximum absolute atomic E-state index is 12.3. The van der Waals surface area contributed by atoms with Crippen molar-refractivity contribution in [1.82, 2.24) is 10.2 Å². The lowest BCUT2D eigenvalue weighted by Crippen LogP contribution is -2.28. The summed E-state index contributed by atoms with van der Waals surface area (Å²) in [5.74, 6) is 1.14. The fourth-order valence-corrected chi connectivity index (χ4v) is 4.09. The summed E-state index contributed by atoms with van der Waals surface area (Å²) in [5, 5.41) is 6.25. The molecule has 0 radical (unpaired) electrons. The molecule has 0 aromatic heterocycles. The van der Waals surface area contributed by atoms with Crippen molar-refractivity contribution in [3.63, 3.8) is 0 Å². The quantitative estimate of drug-likeness (QED) is 0.411. The number of amides is 2. The molecule has 0 spiro atoms. The number of carbonyl (C=O) groups is 2. The number of halogens is 1. The minimum absolute atomic E-state index is 0.118. The Morgan fingerprint density at radius 1 is 1.15 bits per heavy atom. The molecule has 1 saturated heterocycles. The molecule has 2 N–H and O–H groups in total. The Bertz CT molecular complexity index is 949. The first-order valence-electron chi connectivity index (χ1n) is 11.4. The SMILES string of the molecule is CCOc1cc(CNCCCN2CCCC2=O)c(Br)cc1OCC(=O)Nc1ccc(C)cc1. The minimum Gasteiger partial charge on any atom is -0.490 e. The van der Waals surface area contributed by atoms with Gasteiger partial charge in [0.2, 0.25) is 5.91 Å². The van der Waals surface area contributed by atoms with E-state index in [0.717, 1.165) is 53.8 Å². The Balaban J connectivity index is 1.50. The number of rotatable bonds is 12. The van der Waals surface area contributed by atoms with Gasteiger partial charge in [-0.1, -0.05) is 33.6 Å². The van der Waals surface area contributed by atoms with Gasteiger partial charge in [-0.3, -0.25) is 9.59 Å². The molecule has 0 atom stereocenters. The monoisotopic (exact) mass is 517 g/mol. The van der Waals surface area contributed by atoms with Crippen LogP contribution in [0.2, 0.25) is 0 Å². The van der Waals surface area contributed by atoms with Crippen molar-refractivity contribution in [3.05, 3.63) is 52.0 Å². The molecule has 0 aliphatic carbocycles. The first kappa shape index (κ1) is 25.1. The Morgan fingerprint density at radius 3 is 2.61 bits per heavy atom. The number of hydrogen-bond donors (Lipinski definition) is 2. The van der Waals surface area contributed by atoms with E-state index in [0.29, 0.717) is 31.1 Å². The summed E-state index contributed by atoms with van der Waals surface area (Å²) in [7, 11) is 0. The lowest BCUT2D eigenvalue weighted by molar-refractivity contribution is -0.127. The third-order valence-corrected chi connectivity index (χ3v) is 6.11. The number of benzene rings is 2. The molecule has 0 bridgehead atoms. The van der Waals surface area contributed by atoms with Crippen LogP contribution in [-0.4, -0.2) is 49.6 Å². The van der Waals surface area contributed by atoms with Gasteiger partial charge >= 0.3 is 0 Å². The molecule has 2 aromatic rings. The second-order valence-electron chi connectivity index (χ2n) is 8.04. The van der Waals surface area contributed by atoms with Gasteiger partial charge in [0.25, 0.3) is 5.91 Å². The molecule has 1 heterocycles. The van der Waals surface area contributed by atoms with Crippen LogP contribution in [-0.2, 0) is 16.1 Å². The van der Waals surface area contributed by atoms with Crippen LogP contribution >= 0.6 is 15.9 Å². The molecule has 0 unspecified atom stereocenters. The number of anilines is 1. The average Bonchev–Trinajstić information content (AvgIpc) is 3.20. The maximum atomic E-state index is 12.3. The average molecular weight is 518 g/mol. The van der Waals surface area contributed by atoms with E-state index in [-0.39, 0.29) is 18.4 Å². The van der Waals surface area contributed by atoms with E-state index in [2.05, 4.69) is 26.6 Å². The van der Waals surface area contributed by atoms with Crippen LogP contribution < -0.4 is 20.1 Å². The van der Waals surface area contributed by atoms with Gasteiger partial charge in [-0.25, -0.2) is 0 Å². The van der Waals surface area contributed by atoms with Gasteiger partial charge in [0.15, 0.2) is 18.1 Å². The number of likely N-dealkylation sites (tertiary alicyclic amines) is 1. The van der Waals surface area contributed by atoms with Crippen LogP contribution in [0, 0.1) is 6.92 Å². The standard InChI is InChI=1S/C25H32BrN3O4/c1-3-32-22-14-19(16-27-11-5-13-29-12-4-6-25(29)31)21(26)15-23(22)33-17-24(30)28-20-9-7-18(2)8-10-20/h7-10,14-15,27H,3-6,11-13,16-17H2,1-2H3,(H,28,30). The molecule has 2 amide bonds. The molecule has 178 valence electrons. The van der Waals surface area contributed by atoms with Gasteiger partial charge in [-0.05, 0) is 63.1 Å². The summed E-state index contributed by atoms with van der Waals surface area (Å²) in [5.41, 5.74) is 2.90. The van der Waals surface area contributed by atoms with Gasteiger partial charge in [0.05, 0.1) is 6.61 Å². The Hall–Kier alpha value is -2.58. The Kier molecular flexibility index (Phi) is 9.57. The fourth-order valence-electron chi connectivity index (χ4n) is 3.63. The van der Waals surface area contributed by atoms with Crippen LogP contribution in [0.4, 0.5) is 5.69 Å². The topological polar surface area (TPSA) is 79.9 Å². The zero-order valence-electron chi connectivity index (χ0n) is 19.3. The van der Waals surface area contributed by atoms with Gasteiger partial charge in [-0.15, -0.1) is 0 Å². The number of carbonyl (C=O) groups excluding carboxylic acids is 2. The molecular weight excluding hydrogens is 486 g/mol. The molecule has 8 heteroatoms. The van der Waals surface area contributed by atoms with Crippen molar-refractivity contribution in [3.8, 4) is 11.5 Å². The molecule has 1 aliphatic rings. The van der Waals surface area contributed by atoms with E-state index in [9.17, 15) is 9.59 Å². The van der Waals surface area contributed by atoms with Crippen LogP contribution in [0.5, 0.6) is 11.5 Å². The van der Waals surface area contributed by atoms with E-state index < -0.39 is 0 Å². The highest BCUT2D eigenvalue weighted by Gasteiger charge is 2.19. The van der Waals surface area contributed by atoms with Crippen LogP contribution in [0.15, 0.2) is 40.9 Å².